The van der Waals surface area contributed by atoms with Crippen LogP contribution >= 0.6 is 12.4 Å². The first kappa shape index (κ1) is 12.7. The molecule has 0 saturated carbocycles. The van der Waals surface area contributed by atoms with E-state index in [0.717, 1.165) is 0 Å². The van der Waals surface area contributed by atoms with E-state index in [-0.39, 0.29) is 17.8 Å². The highest BCUT2D eigenvalue weighted by atomic mass is 35.5. The fourth-order valence-corrected chi connectivity index (χ4v) is 1.09. The van der Waals surface area contributed by atoms with Crippen LogP contribution < -0.4 is 5.73 Å². The second-order valence-electron chi connectivity index (χ2n) is 3.99. The number of nitrogens with zero attached hydrogens (tertiary/aromatic N) is 2. The molecule has 0 aliphatic heterocycles. The molecule has 0 atom stereocenters. The zero-order valence-corrected chi connectivity index (χ0v) is 9.95. The molecule has 16 heavy (non-hydrogen) atoms. The van der Waals surface area contributed by atoms with Crippen LogP contribution in [0, 0.1) is 0 Å². The van der Waals surface area contributed by atoms with E-state index in [9.17, 15) is 0 Å². The highest BCUT2D eigenvalue weighted by Crippen LogP contribution is 2.23. The summed E-state index contributed by atoms with van der Waals surface area (Å²) in [6.07, 6.45) is 1.57. The molecule has 88 valence electrons. The van der Waals surface area contributed by atoms with Gasteiger partial charge in [0.25, 0.3) is 0 Å². The number of aromatic nitrogens is 2. The topological polar surface area (TPSA) is 78.1 Å². The second-order valence-corrected chi connectivity index (χ2v) is 3.99. The van der Waals surface area contributed by atoms with Crippen LogP contribution in [0.4, 0.5) is 0 Å². The lowest BCUT2D eigenvalue weighted by molar-refractivity contribution is 0.311. The van der Waals surface area contributed by atoms with Crippen molar-refractivity contribution < 1.29 is 8.94 Å². The predicted octanol–water partition coefficient (Wildman–Crippen LogP) is 1.99. The largest absolute Gasteiger partial charge is 0.461 e. The SMILES string of the molecule is CC(C)(CN)c1nc(-c2ccco2)no1.Cl. The summed E-state index contributed by atoms with van der Waals surface area (Å²) in [6, 6.07) is 3.56. The molecule has 6 heteroatoms. The third-order valence-electron chi connectivity index (χ3n) is 2.26. The summed E-state index contributed by atoms with van der Waals surface area (Å²) >= 11 is 0. The number of hydrogen-bond donors (Lipinski definition) is 1. The molecular formula is C10H14ClN3O2. The Morgan fingerprint density at radius 1 is 1.44 bits per heavy atom. The predicted molar refractivity (Wildman–Crippen MR) is 61.3 cm³/mol. The van der Waals surface area contributed by atoms with Gasteiger partial charge in [-0.25, -0.2) is 0 Å². The lowest BCUT2D eigenvalue weighted by atomic mass is 9.94. The molecule has 0 spiro atoms. The monoisotopic (exact) mass is 243 g/mol. The van der Waals surface area contributed by atoms with Gasteiger partial charge in [-0.15, -0.1) is 12.4 Å². The van der Waals surface area contributed by atoms with E-state index in [0.29, 0.717) is 24.0 Å². The molecule has 2 aromatic heterocycles. The van der Waals surface area contributed by atoms with E-state index in [1.54, 1.807) is 18.4 Å². The summed E-state index contributed by atoms with van der Waals surface area (Å²) in [7, 11) is 0. The van der Waals surface area contributed by atoms with Gasteiger partial charge in [0.2, 0.25) is 11.7 Å². The standard InChI is InChI=1S/C10H13N3O2.ClH/c1-10(2,6-11)9-12-8(13-15-9)7-4-3-5-14-7;/h3-5H,6,11H2,1-2H3;1H. The molecule has 0 radical (unpaired) electrons. The van der Waals surface area contributed by atoms with Crippen LogP contribution in [-0.2, 0) is 5.41 Å². The van der Waals surface area contributed by atoms with Gasteiger partial charge in [0.1, 0.15) is 0 Å². The molecule has 2 rings (SSSR count). The molecule has 0 amide bonds. The van der Waals surface area contributed by atoms with Gasteiger partial charge in [-0.2, -0.15) is 4.98 Å². The summed E-state index contributed by atoms with van der Waals surface area (Å²) in [4.78, 5) is 4.24. The average Bonchev–Trinajstić information content (AvgIpc) is 2.88. The van der Waals surface area contributed by atoms with Crippen molar-refractivity contribution in [2.75, 3.05) is 6.54 Å². The Morgan fingerprint density at radius 2 is 2.19 bits per heavy atom. The molecule has 0 aromatic carbocycles. The van der Waals surface area contributed by atoms with Crippen molar-refractivity contribution in [2.45, 2.75) is 19.3 Å². The molecule has 0 bridgehead atoms. The molecule has 0 aliphatic rings. The molecular weight excluding hydrogens is 230 g/mol. The fraction of sp³-hybridized carbons (Fsp3) is 0.400. The summed E-state index contributed by atoms with van der Waals surface area (Å²) in [5, 5.41) is 3.84. The molecule has 0 unspecified atom stereocenters. The van der Waals surface area contributed by atoms with Crippen molar-refractivity contribution >= 4 is 12.4 Å². The molecule has 0 fully saturated rings. The second kappa shape index (κ2) is 4.67. The first-order valence-electron chi connectivity index (χ1n) is 4.71. The van der Waals surface area contributed by atoms with Gasteiger partial charge in [0, 0.05) is 6.54 Å². The lowest BCUT2D eigenvalue weighted by Crippen LogP contribution is -2.28. The minimum absolute atomic E-state index is 0. The van der Waals surface area contributed by atoms with Crippen LogP contribution in [-0.4, -0.2) is 16.7 Å². The van der Waals surface area contributed by atoms with Gasteiger partial charge < -0.3 is 14.7 Å². The van der Waals surface area contributed by atoms with Gasteiger partial charge in [0.15, 0.2) is 5.76 Å². The number of rotatable bonds is 3. The van der Waals surface area contributed by atoms with Crippen LogP contribution in [0.1, 0.15) is 19.7 Å². The van der Waals surface area contributed by atoms with E-state index in [2.05, 4.69) is 10.1 Å². The van der Waals surface area contributed by atoms with Crippen molar-refractivity contribution in [3.8, 4) is 11.6 Å². The molecule has 2 N–H and O–H groups in total. The fourth-order valence-electron chi connectivity index (χ4n) is 1.09. The van der Waals surface area contributed by atoms with Crippen molar-refractivity contribution in [3.63, 3.8) is 0 Å². The van der Waals surface area contributed by atoms with E-state index in [1.807, 2.05) is 13.8 Å². The highest BCUT2D eigenvalue weighted by molar-refractivity contribution is 5.85. The zero-order chi connectivity index (χ0) is 10.9. The molecule has 2 aromatic rings. The van der Waals surface area contributed by atoms with E-state index < -0.39 is 0 Å². The number of nitrogens with two attached hydrogens (primary N) is 1. The minimum Gasteiger partial charge on any atom is -0.461 e. The smallest absolute Gasteiger partial charge is 0.238 e. The third-order valence-corrected chi connectivity index (χ3v) is 2.26. The van der Waals surface area contributed by atoms with Crippen LogP contribution in [0.15, 0.2) is 27.3 Å². The Bertz CT molecular complexity index is 437. The quantitative estimate of drug-likeness (QED) is 0.892. The van der Waals surface area contributed by atoms with Gasteiger partial charge in [-0.05, 0) is 26.0 Å². The van der Waals surface area contributed by atoms with Gasteiger partial charge >= 0.3 is 0 Å². The van der Waals surface area contributed by atoms with Gasteiger partial charge in [-0.3, -0.25) is 0 Å². The van der Waals surface area contributed by atoms with E-state index in [4.69, 9.17) is 14.7 Å². The Hall–Kier alpha value is -1.33. The first-order valence-corrected chi connectivity index (χ1v) is 4.71. The maximum Gasteiger partial charge on any atom is 0.238 e. The lowest BCUT2D eigenvalue weighted by Gasteiger charge is -2.15. The maximum absolute atomic E-state index is 5.62. The van der Waals surface area contributed by atoms with E-state index in [1.165, 1.54) is 0 Å². The molecule has 0 saturated heterocycles. The first-order chi connectivity index (χ1) is 7.13. The van der Waals surface area contributed by atoms with Crippen LogP contribution in [0.25, 0.3) is 11.6 Å². The molecule has 0 aliphatic carbocycles. The molecule has 5 nitrogen and oxygen atoms in total. The van der Waals surface area contributed by atoms with Gasteiger partial charge in [-0.1, -0.05) is 5.16 Å². The summed E-state index contributed by atoms with van der Waals surface area (Å²) in [5.74, 6) is 1.57. The summed E-state index contributed by atoms with van der Waals surface area (Å²) in [5.41, 5.74) is 5.31. The summed E-state index contributed by atoms with van der Waals surface area (Å²) < 4.78 is 10.3. The number of hydrogen-bond acceptors (Lipinski definition) is 5. The van der Waals surface area contributed by atoms with Crippen molar-refractivity contribution in [2.24, 2.45) is 5.73 Å². The van der Waals surface area contributed by atoms with Gasteiger partial charge in [0.05, 0.1) is 11.7 Å². The Kier molecular flexibility index (Phi) is 3.72. The Balaban J connectivity index is 0.00000128. The zero-order valence-electron chi connectivity index (χ0n) is 9.14. The normalized spacial score (nSPS) is 11.2. The van der Waals surface area contributed by atoms with Crippen molar-refractivity contribution in [3.05, 3.63) is 24.3 Å². The van der Waals surface area contributed by atoms with Crippen LogP contribution in [0.2, 0.25) is 0 Å². The summed E-state index contributed by atoms with van der Waals surface area (Å²) in [6.45, 7) is 4.35. The van der Waals surface area contributed by atoms with Crippen LogP contribution in [0.5, 0.6) is 0 Å². The van der Waals surface area contributed by atoms with Crippen LogP contribution in [0.3, 0.4) is 0 Å². The van der Waals surface area contributed by atoms with E-state index >= 15 is 0 Å². The number of furan rings is 1. The highest BCUT2D eigenvalue weighted by Gasteiger charge is 2.26. The third kappa shape index (κ3) is 2.25. The molecule has 2 heterocycles. The average molecular weight is 244 g/mol. The number of halogens is 1. The Labute approximate surface area is 99.4 Å². The van der Waals surface area contributed by atoms with Crippen molar-refractivity contribution in [1.29, 1.82) is 0 Å². The van der Waals surface area contributed by atoms with Crippen molar-refractivity contribution in [1.82, 2.24) is 10.1 Å². The maximum atomic E-state index is 5.62. The Morgan fingerprint density at radius 3 is 2.75 bits per heavy atom. The minimum atomic E-state index is -0.308.